The van der Waals surface area contributed by atoms with Crippen LogP contribution in [0.25, 0.3) is 0 Å². The predicted octanol–water partition coefficient (Wildman–Crippen LogP) is 3.39. The predicted molar refractivity (Wildman–Crippen MR) is 104 cm³/mol. The van der Waals surface area contributed by atoms with Crippen molar-refractivity contribution >= 4 is 0 Å². The van der Waals surface area contributed by atoms with Crippen LogP contribution in [0.1, 0.15) is 36.8 Å². The van der Waals surface area contributed by atoms with Crippen LogP contribution in [0.3, 0.4) is 0 Å². The Kier molecular flexibility index (Phi) is 7.21. The van der Waals surface area contributed by atoms with Crippen LogP contribution < -0.4 is 11.5 Å². The average molecular weight is 354 g/mol. The standard InChI is InChI=1S/2C11H15NO/c2*12-10-6-11(7-10)13-8-9-4-2-1-3-5-9/h2*1-5,10-11H,6-8,12H2. The van der Waals surface area contributed by atoms with Crippen molar-refractivity contribution in [3.63, 3.8) is 0 Å². The first-order chi connectivity index (χ1) is 12.7. The van der Waals surface area contributed by atoms with Gasteiger partial charge in [-0.3, -0.25) is 0 Å². The van der Waals surface area contributed by atoms with Crippen LogP contribution in [0.2, 0.25) is 0 Å². The molecule has 2 aliphatic rings. The van der Waals surface area contributed by atoms with Crippen LogP contribution in [-0.2, 0) is 22.7 Å². The number of ether oxygens (including phenoxy) is 2. The van der Waals surface area contributed by atoms with Gasteiger partial charge in [0, 0.05) is 12.1 Å². The molecule has 0 bridgehead atoms. The van der Waals surface area contributed by atoms with E-state index in [0.29, 0.717) is 24.3 Å². The summed E-state index contributed by atoms with van der Waals surface area (Å²) in [6.45, 7) is 1.44. The fourth-order valence-electron chi connectivity index (χ4n) is 3.06. The van der Waals surface area contributed by atoms with E-state index >= 15 is 0 Å². The van der Waals surface area contributed by atoms with Crippen LogP contribution in [0.15, 0.2) is 60.7 Å². The molecule has 2 saturated carbocycles. The highest BCUT2D eigenvalue weighted by molar-refractivity contribution is 5.14. The molecule has 26 heavy (non-hydrogen) atoms. The molecule has 4 rings (SSSR count). The minimum absolute atomic E-state index is 0.376. The zero-order chi connectivity index (χ0) is 18.2. The van der Waals surface area contributed by atoms with Crippen molar-refractivity contribution in [2.45, 2.75) is 63.2 Å². The van der Waals surface area contributed by atoms with Gasteiger partial charge in [0.1, 0.15) is 0 Å². The van der Waals surface area contributed by atoms with Gasteiger partial charge in [-0.1, -0.05) is 60.7 Å². The Morgan fingerprint density at radius 3 is 1.27 bits per heavy atom. The monoisotopic (exact) mass is 354 g/mol. The summed E-state index contributed by atoms with van der Waals surface area (Å²) in [6, 6.07) is 21.2. The van der Waals surface area contributed by atoms with Crippen LogP contribution in [-0.4, -0.2) is 24.3 Å². The Hall–Kier alpha value is -1.72. The third-order valence-corrected chi connectivity index (χ3v) is 4.92. The maximum Gasteiger partial charge on any atom is 0.0720 e. The SMILES string of the molecule is NC1CC(OCc2ccccc2)C1.NC1CC(OCc2ccccc2)C1. The van der Waals surface area contributed by atoms with Crippen molar-refractivity contribution in [1.29, 1.82) is 0 Å². The Morgan fingerprint density at radius 2 is 0.962 bits per heavy atom. The summed E-state index contributed by atoms with van der Waals surface area (Å²) in [5, 5.41) is 0. The first kappa shape index (κ1) is 19.1. The first-order valence-corrected chi connectivity index (χ1v) is 9.51. The number of hydrogen-bond donors (Lipinski definition) is 2. The molecule has 2 aromatic rings. The van der Waals surface area contributed by atoms with Gasteiger partial charge in [0.15, 0.2) is 0 Å². The second-order valence-corrected chi connectivity index (χ2v) is 7.30. The lowest BCUT2D eigenvalue weighted by molar-refractivity contribution is -0.0190. The van der Waals surface area contributed by atoms with Gasteiger partial charge in [-0.15, -0.1) is 0 Å². The second kappa shape index (κ2) is 9.83. The van der Waals surface area contributed by atoms with Crippen molar-refractivity contribution in [3.05, 3.63) is 71.8 Å². The van der Waals surface area contributed by atoms with Gasteiger partial charge < -0.3 is 20.9 Å². The zero-order valence-electron chi connectivity index (χ0n) is 15.3. The van der Waals surface area contributed by atoms with Crippen LogP contribution in [0.5, 0.6) is 0 Å². The Morgan fingerprint density at radius 1 is 0.615 bits per heavy atom. The van der Waals surface area contributed by atoms with Crippen molar-refractivity contribution in [2.75, 3.05) is 0 Å². The quantitative estimate of drug-likeness (QED) is 0.834. The zero-order valence-corrected chi connectivity index (χ0v) is 15.3. The van der Waals surface area contributed by atoms with E-state index < -0.39 is 0 Å². The maximum atomic E-state index is 5.66. The van der Waals surface area contributed by atoms with Gasteiger partial charge in [0.05, 0.1) is 25.4 Å². The second-order valence-electron chi connectivity index (χ2n) is 7.30. The molecule has 0 aliphatic heterocycles. The fraction of sp³-hybridized carbons (Fsp3) is 0.455. The van der Waals surface area contributed by atoms with Gasteiger partial charge in [0.2, 0.25) is 0 Å². The minimum Gasteiger partial charge on any atom is -0.373 e. The molecule has 0 saturated heterocycles. The van der Waals surface area contributed by atoms with Gasteiger partial charge in [-0.05, 0) is 36.8 Å². The lowest BCUT2D eigenvalue weighted by Gasteiger charge is -2.32. The van der Waals surface area contributed by atoms with Crippen LogP contribution >= 0.6 is 0 Å². The highest BCUT2D eigenvalue weighted by Gasteiger charge is 2.26. The molecule has 0 radical (unpaired) electrons. The minimum atomic E-state index is 0.376. The van der Waals surface area contributed by atoms with Crippen molar-refractivity contribution < 1.29 is 9.47 Å². The summed E-state index contributed by atoms with van der Waals surface area (Å²) in [7, 11) is 0. The molecule has 0 unspecified atom stereocenters. The molecule has 0 heterocycles. The molecule has 4 nitrogen and oxygen atoms in total. The molecule has 4 heteroatoms. The van der Waals surface area contributed by atoms with Gasteiger partial charge >= 0.3 is 0 Å². The number of benzene rings is 2. The van der Waals surface area contributed by atoms with E-state index in [1.165, 1.54) is 11.1 Å². The molecule has 2 aromatic carbocycles. The highest BCUT2D eigenvalue weighted by atomic mass is 16.5. The summed E-state index contributed by atoms with van der Waals surface area (Å²) >= 11 is 0. The Bertz CT molecular complexity index is 566. The Balaban J connectivity index is 0.000000151. The van der Waals surface area contributed by atoms with E-state index in [9.17, 15) is 0 Å². The molecule has 4 N–H and O–H groups in total. The molecule has 0 aromatic heterocycles. The molecular formula is C22H30N2O2. The molecule has 2 aliphatic carbocycles. The number of rotatable bonds is 6. The van der Waals surface area contributed by atoms with Gasteiger partial charge in [-0.25, -0.2) is 0 Å². The van der Waals surface area contributed by atoms with Gasteiger partial charge in [0.25, 0.3) is 0 Å². The largest absolute Gasteiger partial charge is 0.373 e. The lowest BCUT2D eigenvalue weighted by Crippen LogP contribution is -2.41. The smallest absolute Gasteiger partial charge is 0.0720 e. The molecule has 0 atom stereocenters. The molecular weight excluding hydrogens is 324 g/mol. The maximum absolute atomic E-state index is 5.66. The summed E-state index contributed by atoms with van der Waals surface area (Å²) < 4.78 is 11.3. The van der Waals surface area contributed by atoms with Crippen molar-refractivity contribution in [3.8, 4) is 0 Å². The third kappa shape index (κ3) is 6.22. The highest BCUT2D eigenvalue weighted by Crippen LogP contribution is 2.23. The summed E-state index contributed by atoms with van der Waals surface area (Å²) in [6.07, 6.45) is 4.88. The molecule has 2 fully saturated rings. The summed E-state index contributed by atoms with van der Waals surface area (Å²) in [5.41, 5.74) is 13.8. The van der Waals surface area contributed by atoms with Crippen LogP contribution in [0, 0.1) is 0 Å². The van der Waals surface area contributed by atoms with Crippen molar-refractivity contribution in [2.24, 2.45) is 11.5 Å². The van der Waals surface area contributed by atoms with E-state index in [4.69, 9.17) is 20.9 Å². The van der Waals surface area contributed by atoms with Crippen molar-refractivity contribution in [1.82, 2.24) is 0 Å². The third-order valence-electron chi connectivity index (χ3n) is 4.92. The van der Waals surface area contributed by atoms with E-state index in [1.807, 2.05) is 36.4 Å². The molecule has 0 amide bonds. The topological polar surface area (TPSA) is 70.5 Å². The number of nitrogens with two attached hydrogens (primary N) is 2. The lowest BCUT2D eigenvalue weighted by atomic mass is 9.90. The summed E-state index contributed by atoms with van der Waals surface area (Å²) in [4.78, 5) is 0. The number of hydrogen-bond acceptors (Lipinski definition) is 4. The average Bonchev–Trinajstić information content (AvgIpc) is 2.63. The van der Waals surface area contributed by atoms with Crippen LogP contribution in [0.4, 0.5) is 0 Å². The summed E-state index contributed by atoms with van der Waals surface area (Å²) in [5.74, 6) is 0. The van der Waals surface area contributed by atoms with E-state index in [0.717, 1.165) is 38.9 Å². The normalized spacial score (nSPS) is 26.8. The van der Waals surface area contributed by atoms with E-state index in [-0.39, 0.29) is 0 Å². The molecule has 140 valence electrons. The molecule has 0 spiro atoms. The fourth-order valence-corrected chi connectivity index (χ4v) is 3.06. The van der Waals surface area contributed by atoms with Gasteiger partial charge in [-0.2, -0.15) is 0 Å². The van der Waals surface area contributed by atoms with E-state index in [1.54, 1.807) is 0 Å². The Labute approximate surface area is 156 Å². The first-order valence-electron chi connectivity index (χ1n) is 9.51. The van der Waals surface area contributed by atoms with E-state index in [2.05, 4.69) is 24.3 Å².